The van der Waals surface area contributed by atoms with E-state index in [0.717, 1.165) is 12.8 Å². The highest BCUT2D eigenvalue weighted by Crippen LogP contribution is 2.31. The highest BCUT2D eigenvalue weighted by Gasteiger charge is 2.45. The monoisotopic (exact) mass is 718 g/mol. The number of nitrogens with two attached hydrogens (primary N) is 1. The highest BCUT2D eigenvalue weighted by atomic mass is 16.3. The minimum Gasteiger partial charge on any atom is -0.392 e. The molecule has 5 N–H and O–H groups in total. The number of likely N-dealkylation sites (tertiary alicyclic amines) is 3. The predicted octanol–water partition coefficient (Wildman–Crippen LogP) is 2.58. The number of rotatable bonds is 15. The summed E-state index contributed by atoms with van der Waals surface area (Å²) in [6, 6.07) is -3.52. The normalized spacial score (nSPS) is 24.0. The molecule has 0 bridgehead atoms. The van der Waals surface area contributed by atoms with Gasteiger partial charge < -0.3 is 36.2 Å². The number of amides is 6. The van der Waals surface area contributed by atoms with Crippen LogP contribution in [-0.4, -0.2) is 111 Å². The molecule has 0 spiro atoms. The Labute approximate surface area is 305 Å². The van der Waals surface area contributed by atoms with Gasteiger partial charge in [-0.2, -0.15) is 0 Å². The zero-order valence-electron chi connectivity index (χ0n) is 32.6. The summed E-state index contributed by atoms with van der Waals surface area (Å²) in [5.74, 6) is -3.46. The van der Waals surface area contributed by atoms with Crippen molar-refractivity contribution >= 4 is 35.4 Å². The van der Waals surface area contributed by atoms with Crippen molar-refractivity contribution in [1.82, 2.24) is 25.3 Å². The molecule has 290 valence electrons. The van der Waals surface area contributed by atoms with Crippen LogP contribution < -0.4 is 16.4 Å². The number of aliphatic hydroxyl groups excluding tert-OH is 1. The Kier molecular flexibility index (Phi) is 14.9. The van der Waals surface area contributed by atoms with Gasteiger partial charge in [-0.1, -0.05) is 68.7 Å². The quantitative estimate of drug-likeness (QED) is 0.201. The largest absolute Gasteiger partial charge is 0.392 e. The lowest BCUT2D eigenvalue weighted by Gasteiger charge is -2.35. The SMILES string of the molecule is CC[C@@H](C)[C@@H](NC(=O)[C@@H](CC(C)C)[C@H](O)C[C@H]1CCCN1C(=O)C(C)(C)C)C(=O)N[C@@H](C(=O)N1CCC[C@@H]1C(=O)N1CCC[C@@H]1C(N)=O)C(C)C. The van der Waals surface area contributed by atoms with Gasteiger partial charge in [-0.3, -0.25) is 28.8 Å². The van der Waals surface area contributed by atoms with Crippen molar-refractivity contribution in [1.29, 1.82) is 0 Å². The van der Waals surface area contributed by atoms with Crippen molar-refractivity contribution in [2.75, 3.05) is 19.6 Å². The van der Waals surface area contributed by atoms with Gasteiger partial charge in [0.25, 0.3) is 0 Å². The van der Waals surface area contributed by atoms with Crippen LogP contribution in [0.5, 0.6) is 0 Å². The molecule has 0 aromatic carbocycles. The first-order valence-electron chi connectivity index (χ1n) is 19.3. The summed E-state index contributed by atoms with van der Waals surface area (Å²) >= 11 is 0. The van der Waals surface area contributed by atoms with E-state index in [9.17, 15) is 33.9 Å². The first-order chi connectivity index (χ1) is 23.8. The molecule has 0 unspecified atom stereocenters. The van der Waals surface area contributed by atoms with Crippen molar-refractivity contribution in [3.8, 4) is 0 Å². The fraction of sp³-hybridized carbons (Fsp3) is 0.842. The van der Waals surface area contributed by atoms with E-state index in [1.54, 1.807) is 0 Å². The molecule has 3 aliphatic heterocycles. The molecule has 0 radical (unpaired) electrons. The molecular weight excluding hydrogens is 652 g/mol. The molecule has 0 aromatic rings. The zero-order chi connectivity index (χ0) is 38.4. The fourth-order valence-corrected chi connectivity index (χ4v) is 7.87. The molecule has 0 aromatic heterocycles. The first kappa shape index (κ1) is 42.2. The number of primary amides is 1. The van der Waals surface area contributed by atoms with Crippen LogP contribution in [0.1, 0.15) is 120 Å². The lowest BCUT2D eigenvalue weighted by Crippen LogP contribution is -2.60. The number of hydrogen-bond acceptors (Lipinski definition) is 7. The number of hydrogen-bond donors (Lipinski definition) is 4. The molecule has 6 amide bonds. The van der Waals surface area contributed by atoms with Crippen molar-refractivity contribution in [2.24, 2.45) is 34.8 Å². The minimum absolute atomic E-state index is 0.0281. The molecule has 3 heterocycles. The van der Waals surface area contributed by atoms with Gasteiger partial charge >= 0.3 is 0 Å². The van der Waals surface area contributed by atoms with E-state index in [4.69, 9.17) is 5.73 Å². The molecule has 3 aliphatic rings. The molecule has 3 rings (SSSR count). The van der Waals surface area contributed by atoms with E-state index in [0.29, 0.717) is 58.2 Å². The van der Waals surface area contributed by atoms with Gasteiger partial charge in [-0.25, -0.2) is 0 Å². The lowest BCUT2D eigenvalue weighted by atomic mass is 9.86. The average molecular weight is 719 g/mol. The Morgan fingerprint density at radius 3 is 1.88 bits per heavy atom. The van der Waals surface area contributed by atoms with Crippen LogP contribution in [0, 0.1) is 29.1 Å². The van der Waals surface area contributed by atoms with Crippen LogP contribution in [-0.2, 0) is 28.8 Å². The Morgan fingerprint density at radius 1 is 0.784 bits per heavy atom. The fourth-order valence-electron chi connectivity index (χ4n) is 7.87. The maximum atomic E-state index is 14.1. The third kappa shape index (κ3) is 10.4. The molecule has 3 fully saturated rings. The number of aliphatic hydroxyl groups is 1. The highest BCUT2D eigenvalue weighted by molar-refractivity contribution is 5.96. The molecule has 51 heavy (non-hydrogen) atoms. The first-order valence-corrected chi connectivity index (χ1v) is 19.3. The van der Waals surface area contributed by atoms with E-state index < -0.39 is 59.3 Å². The zero-order valence-corrected chi connectivity index (χ0v) is 32.6. The van der Waals surface area contributed by atoms with Crippen molar-refractivity contribution in [2.45, 2.75) is 156 Å². The van der Waals surface area contributed by atoms with E-state index in [1.807, 2.05) is 67.2 Å². The number of nitrogens with zero attached hydrogens (tertiary/aromatic N) is 3. The molecule has 13 nitrogen and oxygen atoms in total. The number of carbonyl (C=O) groups excluding carboxylic acids is 6. The molecule has 0 aliphatic carbocycles. The van der Waals surface area contributed by atoms with Gasteiger partial charge in [0.15, 0.2) is 0 Å². The summed E-state index contributed by atoms with van der Waals surface area (Å²) < 4.78 is 0. The maximum absolute atomic E-state index is 14.1. The van der Waals surface area contributed by atoms with Crippen molar-refractivity contribution < 1.29 is 33.9 Å². The average Bonchev–Trinajstić information content (AvgIpc) is 3.84. The summed E-state index contributed by atoms with van der Waals surface area (Å²) in [6.45, 7) is 18.4. The second-order valence-electron chi connectivity index (χ2n) is 17.0. The summed E-state index contributed by atoms with van der Waals surface area (Å²) in [5, 5.41) is 17.4. The standard InChI is InChI=1S/C38H66N6O7/c1-10-24(6)31(41-33(47)26(20-22(2)3)29(45)21-25-14-11-17-42(25)37(51)38(7,8)9)34(48)40-30(23(4)5)36(50)44-19-13-16-28(44)35(49)43-18-12-15-27(43)32(39)46/h22-31,45H,10-21H2,1-9H3,(H2,39,46)(H,40,48)(H,41,47)/t24-,25-,26+,27-,28-,29-,30-,31-/m1/s1. The Bertz CT molecular complexity index is 1270. The van der Waals surface area contributed by atoms with Gasteiger partial charge in [0.2, 0.25) is 35.4 Å². The van der Waals surface area contributed by atoms with E-state index in [-0.39, 0.29) is 47.9 Å². The van der Waals surface area contributed by atoms with Crippen LogP contribution in [0.15, 0.2) is 0 Å². The van der Waals surface area contributed by atoms with E-state index in [1.165, 1.54) is 9.80 Å². The summed E-state index contributed by atoms with van der Waals surface area (Å²) in [5.41, 5.74) is 5.01. The third-order valence-electron chi connectivity index (χ3n) is 11.0. The maximum Gasteiger partial charge on any atom is 0.246 e. The van der Waals surface area contributed by atoms with Crippen molar-refractivity contribution in [3.05, 3.63) is 0 Å². The second-order valence-corrected chi connectivity index (χ2v) is 17.0. The smallest absolute Gasteiger partial charge is 0.246 e. The van der Waals surface area contributed by atoms with Crippen LogP contribution in [0.25, 0.3) is 0 Å². The summed E-state index contributed by atoms with van der Waals surface area (Å²) in [6.07, 6.45) is 4.04. The van der Waals surface area contributed by atoms with Crippen LogP contribution in [0.2, 0.25) is 0 Å². The number of carbonyl (C=O) groups is 6. The van der Waals surface area contributed by atoms with Crippen LogP contribution in [0.4, 0.5) is 0 Å². The second kappa shape index (κ2) is 18.0. The van der Waals surface area contributed by atoms with Gasteiger partial charge in [0.1, 0.15) is 24.2 Å². The molecule has 13 heteroatoms. The topological polar surface area (TPSA) is 182 Å². The van der Waals surface area contributed by atoms with E-state index in [2.05, 4.69) is 10.6 Å². The van der Waals surface area contributed by atoms with Gasteiger partial charge in [0, 0.05) is 31.1 Å². The molecule has 3 saturated heterocycles. The molecule has 8 atom stereocenters. The summed E-state index contributed by atoms with van der Waals surface area (Å²) in [4.78, 5) is 85.7. The Morgan fingerprint density at radius 2 is 1.33 bits per heavy atom. The molecule has 0 saturated carbocycles. The Balaban J connectivity index is 1.77. The van der Waals surface area contributed by atoms with Gasteiger partial charge in [0.05, 0.1) is 12.0 Å². The Hall–Kier alpha value is -3.22. The van der Waals surface area contributed by atoms with Gasteiger partial charge in [-0.15, -0.1) is 0 Å². The predicted molar refractivity (Wildman–Crippen MR) is 195 cm³/mol. The molecular formula is C38H66N6O7. The lowest BCUT2D eigenvalue weighted by molar-refractivity contribution is -0.148. The van der Waals surface area contributed by atoms with E-state index >= 15 is 0 Å². The summed E-state index contributed by atoms with van der Waals surface area (Å²) in [7, 11) is 0. The third-order valence-corrected chi connectivity index (χ3v) is 11.0. The van der Waals surface area contributed by atoms with Crippen molar-refractivity contribution in [3.63, 3.8) is 0 Å². The van der Waals surface area contributed by atoms with Crippen LogP contribution >= 0.6 is 0 Å². The minimum atomic E-state index is -1.02. The van der Waals surface area contributed by atoms with Crippen LogP contribution in [0.3, 0.4) is 0 Å². The van der Waals surface area contributed by atoms with Gasteiger partial charge in [-0.05, 0) is 69.1 Å². The number of nitrogens with one attached hydrogen (secondary N) is 2.